The van der Waals surface area contributed by atoms with Crippen LogP contribution in [-0.4, -0.2) is 17.2 Å². The first-order chi connectivity index (χ1) is 9.75. The van der Waals surface area contributed by atoms with Gasteiger partial charge in [0, 0.05) is 4.78 Å². The fourth-order valence-corrected chi connectivity index (χ4v) is 3.41. The Morgan fingerprint density at radius 3 is 2.00 bits per heavy atom. The van der Waals surface area contributed by atoms with Gasteiger partial charge in [0.05, 0.1) is 0 Å². The number of thiophene rings is 1. The molecule has 0 bridgehead atoms. The van der Waals surface area contributed by atoms with E-state index in [4.69, 9.17) is 0 Å². The zero-order valence-corrected chi connectivity index (χ0v) is 13.6. The molecule has 2 nitrogen and oxygen atoms in total. The predicted molar refractivity (Wildman–Crippen MR) is 89.7 cm³/mol. The molecule has 0 atom stereocenters. The zero-order valence-electron chi connectivity index (χ0n) is 12.8. The van der Waals surface area contributed by atoms with Crippen molar-refractivity contribution in [2.24, 2.45) is 0 Å². The third-order valence-electron chi connectivity index (χ3n) is 3.81. The van der Waals surface area contributed by atoms with Crippen molar-refractivity contribution in [1.82, 2.24) is 0 Å². The van der Waals surface area contributed by atoms with Gasteiger partial charge in [-0.2, -0.15) is 11.3 Å². The molecule has 2 N–H and O–H groups in total. The van der Waals surface area contributed by atoms with Gasteiger partial charge in [-0.05, 0) is 29.9 Å². The second-order valence-corrected chi connectivity index (χ2v) is 6.56. The zero-order chi connectivity index (χ0) is 14.6. The van der Waals surface area contributed by atoms with Crippen molar-refractivity contribution < 1.29 is 10.0 Å². The van der Waals surface area contributed by atoms with Crippen LogP contribution in [0.5, 0.6) is 0 Å². The van der Waals surface area contributed by atoms with Crippen LogP contribution < -0.4 is 4.78 Å². The topological polar surface area (TPSA) is 40.5 Å². The second-order valence-electron chi connectivity index (χ2n) is 5.62. The summed E-state index contributed by atoms with van der Waals surface area (Å²) in [7, 11) is -1.30. The Bertz CT molecular complexity index is 339. The number of unbranched alkanes of at least 4 members (excludes halogenated alkanes) is 9. The molecule has 4 heteroatoms. The maximum absolute atomic E-state index is 9.22. The lowest BCUT2D eigenvalue weighted by atomic mass is 9.85. The second kappa shape index (κ2) is 11.4. The van der Waals surface area contributed by atoms with Gasteiger partial charge in [-0.3, -0.25) is 0 Å². The molecule has 0 aromatic carbocycles. The highest BCUT2D eigenvalue weighted by Crippen LogP contribution is 2.13. The van der Waals surface area contributed by atoms with E-state index in [0.717, 1.165) is 23.2 Å². The van der Waals surface area contributed by atoms with Crippen LogP contribution in [0.3, 0.4) is 0 Å². The van der Waals surface area contributed by atoms with Gasteiger partial charge in [0.1, 0.15) is 0 Å². The average Bonchev–Trinajstić information content (AvgIpc) is 2.89. The number of hydrogen-bond donors (Lipinski definition) is 2. The summed E-state index contributed by atoms with van der Waals surface area (Å²) in [5, 5.41) is 20.4. The van der Waals surface area contributed by atoms with E-state index in [1.807, 2.05) is 11.4 Å². The third kappa shape index (κ3) is 7.46. The number of hydrogen-bond acceptors (Lipinski definition) is 3. The van der Waals surface area contributed by atoms with E-state index < -0.39 is 7.12 Å². The molecule has 0 saturated heterocycles. The maximum atomic E-state index is 9.22. The van der Waals surface area contributed by atoms with Gasteiger partial charge in [0.25, 0.3) is 0 Å². The molecule has 1 aromatic rings. The van der Waals surface area contributed by atoms with Gasteiger partial charge in [0.15, 0.2) is 0 Å². The summed E-state index contributed by atoms with van der Waals surface area (Å²) in [6.45, 7) is 2.26. The lowest BCUT2D eigenvalue weighted by Gasteiger charge is -2.04. The van der Waals surface area contributed by atoms with Crippen molar-refractivity contribution in [2.45, 2.75) is 77.6 Å². The third-order valence-corrected chi connectivity index (χ3v) is 4.81. The molecule has 0 aliphatic rings. The molecule has 0 saturated carbocycles. The van der Waals surface area contributed by atoms with Crippen molar-refractivity contribution in [3.8, 4) is 0 Å². The Balaban J connectivity index is 1.96. The highest BCUT2D eigenvalue weighted by Gasteiger charge is 2.16. The Morgan fingerprint density at radius 1 is 0.900 bits per heavy atom. The number of rotatable bonds is 12. The van der Waals surface area contributed by atoms with Gasteiger partial charge in [0.2, 0.25) is 0 Å². The molecule has 0 aliphatic heterocycles. The monoisotopic (exact) mass is 296 g/mol. The minimum absolute atomic E-state index is 0.723. The quantitative estimate of drug-likeness (QED) is 0.454. The fraction of sp³-hybridized carbons (Fsp3) is 0.750. The van der Waals surface area contributed by atoms with E-state index >= 15 is 0 Å². The van der Waals surface area contributed by atoms with Crippen molar-refractivity contribution in [1.29, 1.82) is 0 Å². The smallest absolute Gasteiger partial charge is 0.423 e. The first kappa shape index (κ1) is 17.7. The van der Waals surface area contributed by atoms with E-state index in [-0.39, 0.29) is 0 Å². The van der Waals surface area contributed by atoms with Crippen LogP contribution in [-0.2, 0) is 6.42 Å². The molecule has 1 heterocycles. The van der Waals surface area contributed by atoms with Crippen LogP contribution in [0.25, 0.3) is 0 Å². The van der Waals surface area contributed by atoms with Crippen molar-refractivity contribution in [2.75, 3.05) is 0 Å². The molecule has 0 aliphatic carbocycles. The van der Waals surface area contributed by atoms with Gasteiger partial charge < -0.3 is 10.0 Å². The van der Waals surface area contributed by atoms with Crippen LogP contribution >= 0.6 is 11.3 Å². The van der Waals surface area contributed by atoms with E-state index in [1.165, 1.54) is 69.1 Å². The standard InChI is InChI=1S/C16H29BO2S/c1-2-3-4-5-6-7-8-9-10-11-12-15-13-14-20-16(15)17(18)19/h13-14,18-19H,2-12H2,1H3. The molecule has 0 unspecified atom stereocenters. The van der Waals surface area contributed by atoms with E-state index in [2.05, 4.69) is 6.92 Å². The lowest BCUT2D eigenvalue weighted by molar-refractivity contribution is 0.426. The van der Waals surface area contributed by atoms with Gasteiger partial charge in [-0.1, -0.05) is 64.7 Å². The first-order valence-electron chi connectivity index (χ1n) is 8.18. The van der Waals surface area contributed by atoms with Crippen LogP contribution in [0.2, 0.25) is 0 Å². The fourth-order valence-electron chi connectivity index (χ4n) is 2.58. The Kier molecular flexibility index (Phi) is 10.1. The Morgan fingerprint density at radius 2 is 1.45 bits per heavy atom. The van der Waals surface area contributed by atoms with E-state index in [9.17, 15) is 10.0 Å². The summed E-state index contributed by atoms with van der Waals surface area (Å²) < 4.78 is 0.723. The SMILES string of the molecule is CCCCCCCCCCCCc1ccsc1B(O)O. The molecule has 1 aromatic heterocycles. The maximum Gasteiger partial charge on any atom is 0.499 e. The van der Waals surface area contributed by atoms with Gasteiger partial charge >= 0.3 is 7.12 Å². The summed E-state index contributed by atoms with van der Waals surface area (Å²) in [6.07, 6.45) is 14.4. The van der Waals surface area contributed by atoms with Gasteiger partial charge in [-0.15, -0.1) is 0 Å². The number of aryl methyl sites for hydroxylation is 1. The Hall–Kier alpha value is -0.315. The highest BCUT2D eigenvalue weighted by molar-refractivity contribution is 7.20. The van der Waals surface area contributed by atoms with Crippen LogP contribution in [0.4, 0.5) is 0 Å². The molecular formula is C16H29BO2S. The predicted octanol–water partition coefficient (Wildman–Crippen LogP) is 3.89. The molecule has 0 fully saturated rings. The van der Waals surface area contributed by atoms with Gasteiger partial charge in [-0.25, -0.2) is 0 Å². The summed E-state index contributed by atoms with van der Waals surface area (Å²) in [6, 6.07) is 2.02. The summed E-state index contributed by atoms with van der Waals surface area (Å²) in [5.74, 6) is 0. The molecule has 20 heavy (non-hydrogen) atoms. The highest BCUT2D eigenvalue weighted by atomic mass is 32.1. The van der Waals surface area contributed by atoms with E-state index in [1.54, 1.807) is 0 Å². The molecule has 1 rings (SSSR count). The lowest BCUT2D eigenvalue weighted by Crippen LogP contribution is -2.29. The normalized spacial score (nSPS) is 10.9. The van der Waals surface area contributed by atoms with Crippen LogP contribution in [0, 0.1) is 0 Å². The first-order valence-corrected chi connectivity index (χ1v) is 9.06. The molecular weight excluding hydrogens is 267 g/mol. The summed E-state index contributed by atoms with van der Waals surface area (Å²) in [4.78, 5) is 0. The largest absolute Gasteiger partial charge is 0.499 e. The molecule has 0 spiro atoms. The average molecular weight is 296 g/mol. The minimum Gasteiger partial charge on any atom is -0.423 e. The van der Waals surface area contributed by atoms with Crippen LogP contribution in [0.1, 0.15) is 76.7 Å². The van der Waals surface area contributed by atoms with Crippen molar-refractivity contribution in [3.63, 3.8) is 0 Å². The van der Waals surface area contributed by atoms with Crippen molar-refractivity contribution in [3.05, 3.63) is 17.0 Å². The van der Waals surface area contributed by atoms with Crippen LogP contribution in [0.15, 0.2) is 11.4 Å². The van der Waals surface area contributed by atoms with E-state index in [0.29, 0.717) is 0 Å². The molecule has 0 amide bonds. The minimum atomic E-state index is -1.30. The summed E-state index contributed by atoms with van der Waals surface area (Å²) >= 11 is 1.44. The Labute approximate surface area is 128 Å². The molecule has 114 valence electrons. The van der Waals surface area contributed by atoms with Crippen molar-refractivity contribution >= 4 is 23.2 Å². The summed E-state index contributed by atoms with van der Waals surface area (Å²) in [5.41, 5.74) is 1.12. The molecule has 0 radical (unpaired) electrons.